The lowest BCUT2D eigenvalue weighted by Gasteiger charge is -2.14. The molecular weight excluding hydrogens is 408 g/mol. The van der Waals surface area contributed by atoms with Crippen molar-refractivity contribution in [2.45, 2.75) is 24.5 Å². The van der Waals surface area contributed by atoms with Gasteiger partial charge in [-0.3, -0.25) is 4.79 Å². The Labute approximate surface area is 157 Å². The van der Waals surface area contributed by atoms with Crippen LogP contribution < -0.4 is 19.9 Å². The van der Waals surface area contributed by atoms with Crippen LogP contribution in [0, 0.1) is 0 Å². The van der Waals surface area contributed by atoms with Crippen molar-refractivity contribution < 1.29 is 40.2 Å². The maximum atomic E-state index is 12.5. The predicted molar refractivity (Wildman–Crippen MR) is 89.9 cm³/mol. The van der Waals surface area contributed by atoms with E-state index in [1.807, 2.05) is 0 Å². The van der Waals surface area contributed by atoms with Gasteiger partial charge in [0.25, 0.3) is 0 Å². The van der Waals surface area contributed by atoms with Crippen molar-refractivity contribution >= 4 is 21.6 Å². The van der Waals surface area contributed by atoms with Crippen molar-refractivity contribution in [1.82, 2.24) is 0 Å². The van der Waals surface area contributed by atoms with Gasteiger partial charge in [-0.2, -0.15) is 17.6 Å². The first-order valence-corrected chi connectivity index (χ1v) is 9.04. The Kier molecular flexibility index (Phi) is 6.80. The number of benzene rings is 2. The van der Waals surface area contributed by atoms with Crippen LogP contribution in [0.2, 0.25) is 0 Å². The molecule has 0 saturated carbocycles. The molecule has 0 spiro atoms. The summed E-state index contributed by atoms with van der Waals surface area (Å²) in [5, 5.41) is 7.28. The lowest BCUT2D eigenvalue weighted by Crippen LogP contribution is -2.16. The molecule has 0 aliphatic heterocycles. The number of ether oxygens (including phenoxy) is 2. The zero-order valence-corrected chi connectivity index (χ0v) is 14.8. The number of anilines is 1. The van der Waals surface area contributed by atoms with E-state index in [0.29, 0.717) is 5.56 Å². The minimum absolute atomic E-state index is 0.140. The lowest BCUT2D eigenvalue weighted by atomic mass is 10.1. The predicted octanol–water partition coefficient (Wildman–Crippen LogP) is 2.72. The highest BCUT2D eigenvalue weighted by Gasteiger charge is 2.16. The van der Waals surface area contributed by atoms with E-state index in [1.54, 1.807) is 0 Å². The van der Waals surface area contributed by atoms with Crippen molar-refractivity contribution in [3.63, 3.8) is 0 Å². The first kappa shape index (κ1) is 21.4. The number of carbonyl (C=O) groups excluding carboxylic acids is 1. The summed E-state index contributed by atoms with van der Waals surface area (Å²) in [6.07, 6.45) is -0.228. The topological polar surface area (TPSA) is 108 Å². The number of hydrogen-bond acceptors (Lipinski definition) is 5. The third-order valence-corrected chi connectivity index (χ3v) is 4.21. The van der Waals surface area contributed by atoms with E-state index in [0.717, 1.165) is 18.2 Å². The van der Waals surface area contributed by atoms with Crippen LogP contribution in [0.15, 0.2) is 47.4 Å². The molecule has 3 N–H and O–H groups in total. The van der Waals surface area contributed by atoms with Crippen LogP contribution in [0.4, 0.5) is 23.2 Å². The molecule has 0 saturated heterocycles. The van der Waals surface area contributed by atoms with Crippen molar-refractivity contribution in [1.29, 1.82) is 0 Å². The van der Waals surface area contributed by atoms with Crippen LogP contribution in [0.25, 0.3) is 0 Å². The quantitative estimate of drug-likeness (QED) is 0.636. The smallest absolute Gasteiger partial charge is 0.387 e. The van der Waals surface area contributed by atoms with Crippen LogP contribution in [0.3, 0.4) is 0 Å². The monoisotopic (exact) mass is 422 g/mol. The first-order valence-electron chi connectivity index (χ1n) is 7.50. The molecule has 0 unspecified atom stereocenters. The number of carbonyl (C=O) groups is 1. The summed E-state index contributed by atoms with van der Waals surface area (Å²) >= 11 is 0. The molecule has 152 valence electrons. The molecule has 0 atom stereocenters. The number of sulfonamides is 1. The second kappa shape index (κ2) is 8.89. The van der Waals surface area contributed by atoms with Gasteiger partial charge in [0.1, 0.15) is 5.75 Å². The molecule has 0 aromatic heterocycles. The summed E-state index contributed by atoms with van der Waals surface area (Å²) in [5.74, 6) is -1.64. The molecule has 0 aliphatic carbocycles. The Bertz CT molecular complexity index is 937. The molecule has 2 aromatic carbocycles. The van der Waals surface area contributed by atoms with E-state index in [1.165, 1.54) is 24.3 Å². The summed E-state index contributed by atoms with van der Waals surface area (Å²) in [6.45, 7) is -6.43. The van der Waals surface area contributed by atoms with Gasteiger partial charge in [0, 0.05) is 6.07 Å². The highest BCUT2D eigenvalue weighted by atomic mass is 32.2. The Morgan fingerprint density at radius 2 is 1.61 bits per heavy atom. The molecule has 12 heteroatoms. The van der Waals surface area contributed by atoms with Gasteiger partial charge in [-0.05, 0) is 29.8 Å². The molecule has 0 heterocycles. The highest BCUT2D eigenvalue weighted by molar-refractivity contribution is 7.89. The Hall–Kier alpha value is -2.86. The molecule has 2 rings (SSSR count). The average molecular weight is 422 g/mol. The zero-order valence-electron chi connectivity index (χ0n) is 13.9. The Morgan fingerprint density at radius 1 is 1.00 bits per heavy atom. The van der Waals surface area contributed by atoms with Gasteiger partial charge in [0.2, 0.25) is 15.9 Å². The van der Waals surface area contributed by atoms with E-state index in [2.05, 4.69) is 14.8 Å². The van der Waals surface area contributed by atoms with Crippen LogP contribution >= 0.6 is 0 Å². The van der Waals surface area contributed by atoms with Crippen molar-refractivity contribution in [3.8, 4) is 11.5 Å². The minimum atomic E-state index is -3.88. The number of hydrogen-bond donors (Lipinski definition) is 2. The van der Waals surface area contributed by atoms with Crippen molar-refractivity contribution in [3.05, 3.63) is 48.0 Å². The lowest BCUT2D eigenvalue weighted by molar-refractivity contribution is -0.115. The maximum absolute atomic E-state index is 12.5. The van der Waals surface area contributed by atoms with Crippen LogP contribution in [-0.4, -0.2) is 27.5 Å². The number of nitrogens with two attached hydrogens (primary N) is 1. The summed E-state index contributed by atoms with van der Waals surface area (Å²) in [7, 11) is -3.88. The summed E-state index contributed by atoms with van der Waals surface area (Å²) < 4.78 is 80.3. The molecule has 2 aromatic rings. The normalized spacial score (nSPS) is 11.5. The van der Waals surface area contributed by atoms with Gasteiger partial charge in [-0.25, -0.2) is 13.6 Å². The molecule has 0 fully saturated rings. The van der Waals surface area contributed by atoms with E-state index in [9.17, 15) is 30.8 Å². The maximum Gasteiger partial charge on any atom is 0.387 e. The third kappa shape index (κ3) is 6.39. The molecule has 0 radical (unpaired) electrons. The summed E-state index contributed by atoms with van der Waals surface area (Å²) in [4.78, 5) is 12.0. The van der Waals surface area contributed by atoms with Gasteiger partial charge in [0.05, 0.1) is 17.0 Å². The van der Waals surface area contributed by atoms with E-state index in [4.69, 9.17) is 5.14 Å². The largest absolute Gasteiger partial charge is 0.435 e. The van der Waals surface area contributed by atoms with E-state index >= 15 is 0 Å². The van der Waals surface area contributed by atoms with E-state index < -0.39 is 40.7 Å². The number of alkyl halides is 4. The molecule has 7 nitrogen and oxygen atoms in total. The van der Waals surface area contributed by atoms with Crippen LogP contribution in [0.5, 0.6) is 11.5 Å². The van der Waals surface area contributed by atoms with Crippen molar-refractivity contribution in [2.75, 3.05) is 5.32 Å². The van der Waals surface area contributed by atoms with Crippen molar-refractivity contribution in [2.24, 2.45) is 5.14 Å². The Balaban J connectivity index is 2.13. The molecular formula is C16H14F4N2O5S. The SMILES string of the molecule is NS(=O)(=O)c1ccc(CC(=O)Nc2ccc(OC(F)F)cc2OC(F)F)cc1. The summed E-state index contributed by atoms with van der Waals surface area (Å²) in [6, 6.07) is 8.03. The van der Waals surface area contributed by atoms with Gasteiger partial charge in [-0.15, -0.1) is 0 Å². The van der Waals surface area contributed by atoms with Crippen LogP contribution in [0.1, 0.15) is 5.56 Å². The second-order valence-corrected chi connectivity index (χ2v) is 6.89. The number of primary sulfonamides is 1. The average Bonchev–Trinajstić information content (AvgIpc) is 2.56. The number of nitrogens with one attached hydrogen (secondary N) is 1. The van der Waals surface area contributed by atoms with Crippen LogP contribution in [-0.2, 0) is 21.2 Å². The minimum Gasteiger partial charge on any atom is -0.435 e. The fourth-order valence-corrected chi connectivity index (χ4v) is 2.67. The standard InChI is InChI=1S/C16H14F4N2O5S/c17-15(18)26-10-3-6-12(13(8-10)27-16(19)20)22-14(23)7-9-1-4-11(5-2-9)28(21,24)25/h1-6,8,15-16H,7H2,(H,22,23)(H2,21,24,25). The summed E-state index contributed by atoms with van der Waals surface area (Å²) in [5.41, 5.74) is 0.229. The second-order valence-electron chi connectivity index (χ2n) is 5.33. The molecule has 0 aliphatic rings. The molecule has 0 bridgehead atoms. The number of amides is 1. The van der Waals surface area contributed by atoms with Gasteiger partial charge >= 0.3 is 13.2 Å². The van der Waals surface area contributed by atoms with Gasteiger partial charge in [0.15, 0.2) is 5.75 Å². The number of halogens is 4. The number of rotatable bonds is 8. The zero-order chi connectivity index (χ0) is 20.9. The fraction of sp³-hybridized carbons (Fsp3) is 0.188. The first-order chi connectivity index (χ1) is 13.0. The van der Waals surface area contributed by atoms with Gasteiger partial charge < -0.3 is 14.8 Å². The third-order valence-electron chi connectivity index (χ3n) is 3.28. The highest BCUT2D eigenvalue weighted by Crippen LogP contribution is 2.31. The molecule has 28 heavy (non-hydrogen) atoms. The Morgan fingerprint density at radius 3 is 2.14 bits per heavy atom. The molecule has 1 amide bonds. The van der Waals surface area contributed by atoms with E-state index in [-0.39, 0.29) is 17.0 Å². The van der Waals surface area contributed by atoms with Gasteiger partial charge in [-0.1, -0.05) is 12.1 Å². The fourth-order valence-electron chi connectivity index (χ4n) is 2.15.